The van der Waals surface area contributed by atoms with E-state index in [4.69, 9.17) is 0 Å². The van der Waals surface area contributed by atoms with Gasteiger partial charge in [0.25, 0.3) is 0 Å². The van der Waals surface area contributed by atoms with Gasteiger partial charge in [0.15, 0.2) is 0 Å². The first-order chi connectivity index (χ1) is 8.84. The Hall–Kier alpha value is -1.67. The molecular formula is C16H15NS. The van der Waals surface area contributed by atoms with Gasteiger partial charge in [-0.1, -0.05) is 66.4 Å². The molecule has 90 valence electrons. The third-order valence-corrected chi connectivity index (χ3v) is 4.44. The highest BCUT2D eigenvalue weighted by Gasteiger charge is 2.24. The summed E-state index contributed by atoms with van der Waals surface area (Å²) in [7, 11) is 2.15. The van der Waals surface area contributed by atoms with Crippen LogP contribution in [0.4, 0.5) is 5.69 Å². The van der Waals surface area contributed by atoms with Crippen molar-refractivity contribution in [3.05, 3.63) is 66.2 Å². The molecule has 18 heavy (non-hydrogen) atoms. The maximum absolute atomic E-state index is 2.32. The molecule has 1 aliphatic rings. The molecule has 2 aromatic rings. The van der Waals surface area contributed by atoms with Crippen LogP contribution in [0, 0.1) is 0 Å². The number of benzene rings is 2. The van der Waals surface area contributed by atoms with Gasteiger partial charge < -0.3 is 4.90 Å². The zero-order valence-corrected chi connectivity index (χ0v) is 11.1. The van der Waals surface area contributed by atoms with E-state index < -0.39 is 0 Å². The third kappa shape index (κ3) is 2.16. The van der Waals surface area contributed by atoms with Crippen molar-refractivity contribution >= 4 is 23.5 Å². The first kappa shape index (κ1) is 11.4. The van der Waals surface area contributed by atoms with Crippen molar-refractivity contribution in [3.8, 4) is 0 Å². The molecule has 1 aliphatic heterocycles. The van der Waals surface area contributed by atoms with Crippen LogP contribution in [0.15, 0.2) is 65.6 Å². The molecule has 0 bridgehead atoms. The minimum Gasteiger partial charge on any atom is -0.358 e. The number of para-hydroxylation sites is 1. The minimum absolute atomic E-state index is 0.391. The van der Waals surface area contributed by atoms with Crippen molar-refractivity contribution in [2.75, 3.05) is 11.9 Å². The van der Waals surface area contributed by atoms with Gasteiger partial charge in [-0.3, -0.25) is 0 Å². The highest BCUT2D eigenvalue weighted by atomic mass is 32.2. The van der Waals surface area contributed by atoms with Crippen LogP contribution in [0.5, 0.6) is 0 Å². The Bertz CT molecular complexity index is 562. The summed E-state index contributed by atoms with van der Waals surface area (Å²) in [6.07, 6.45) is 4.46. The van der Waals surface area contributed by atoms with Crippen molar-refractivity contribution in [1.29, 1.82) is 0 Å². The molecule has 1 atom stereocenters. The van der Waals surface area contributed by atoms with Gasteiger partial charge in [-0.05, 0) is 17.7 Å². The predicted octanol–water partition coefficient (Wildman–Crippen LogP) is 4.27. The number of thioether (sulfide) groups is 1. The van der Waals surface area contributed by atoms with E-state index in [0.717, 1.165) is 0 Å². The summed E-state index contributed by atoms with van der Waals surface area (Å²) in [6.45, 7) is 0. The van der Waals surface area contributed by atoms with E-state index in [0.29, 0.717) is 5.37 Å². The fraction of sp³-hybridized carbons (Fsp3) is 0.125. The quantitative estimate of drug-likeness (QED) is 0.786. The number of nitrogens with zero attached hydrogens (tertiary/aromatic N) is 1. The summed E-state index contributed by atoms with van der Waals surface area (Å²) in [5.74, 6) is 0. The van der Waals surface area contributed by atoms with E-state index in [9.17, 15) is 0 Å². The lowest BCUT2D eigenvalue weighted by molar-refractivity contribution is 0.993. The molecule has 0 N–H and O–H groups in total. The van der Waals surface area contributed by atoms with Crippen molar-refractivity contribution in [3.63, 3.8) is 0 Å². The zero-order chi connectivity index (χ0) is 12.4. The van der Waals surface area contributed by atoms with Crippen LogP contribution in [-0.2, 0) is 0 Å². The van der Waals surface area contributed by atoms with Gasteiger partial charge in [0.05, 0.1) is 11.1 Å². The largest absolute Gasteiger partial charge is 0.358 e. The number of hydrogen-bond donors (Lipinski definition) is 0. The first-order valence-corrected chi connectivity index (χ1v) is 6.94. The van der Waals surface area contributed by atoms with Crippen LogP contribution >= 0.6 is 11.8 Å². The lowest BCUT2D eigenvalue weighted by atomic mass is 10.2. The molecule has 0 unspecified atom stereocenters. The van der Waals surface area contributed by atoms with Crippen LogP contribution in [-0.4, -0.2) is 12.4 Å². The summed E-state index contributed by atoms with van der Waals surface area (Å²) in [4.78, 5) is 3.68. The second-order valence-electron chi connectivity index (χ2n) is 4.36. The molecule has 0 aromatic heterocycles. The normalized spacial score (nSPS) is 18.3. The summed E-state index contributed by atoms with van der Waals surface area (Å²) < 4.78 is 0. The Morgan fingerprint density at radius 2 is 1.72 bits per heavy atom. The summed E-state index contributed by atoms with van der Waals surface area (Å²) in [5, 5.41) is 0.391. The second-order valence-corrected chi connectivity index (χ2v) is 5.52. The molecular weight excluding hydrogens is 238 g/mol. The van der Waals surface area contributed by atoms with E-state index in [1.807, 2.05) is 17.8 Å². The summed E-state index contributed by atoms with van der Waals surface area (Å²) in [6, 6.07) is 19.0. The maximum Gasteiger partial charge on any atom is 0.0983 e. The highest BCUT2D eigenvalue weighted by molar-refractivity contribution is 8.00. The lowest BCUT2D eigenvalue weighted by Gasteiger charge is -2.18. The van der Waals surface area contributed by atoms with E-state index in [2.05, 4.69) is 72.6 Å². The molecule has 0 saturated heterocycles. The number of likely N-dealkylation sites (N-methyl/N-ethyl adjacent to an activating group) is 1. The first-order valence-electron chi connectivity index (χ1n) is 6.06. The van der Waals surface area contributed by atoms with Gasteiger partial charge in [-0.15, -0.1) is 0 Å². The lowest BCUT2D eigenvalue weighted by Crippen LogP contribution is -2.21. The molecule has 0 radical (unpaired) electrons. The van der Waals surface area contributed by atoms with Crippen LogP contribution in [0.3, 0.4) is 0 Å². The Labute approximate surface area is 112 Å². The standard InChI is InChI=1S/C16H15NS/c1-17-14-9-5-6-10-15(14)18-16(17)12-11-13-7-3-2-4-8-13/h2-12,16H,1H3/b12-11-/t16-/m0/s1. The Balaban J connectivity index is 1.79. The SMILES string of the molecule is CN1c2ccccc2S[C@H]1/C=C\c1ccccc1. The fourth-order valence-electron chi connectivity index (χ4n) is 2.12. The van der Waals surface area contributed by atoms with Gasteiger partial charge in [-0.2, -0.15) is 0 Å². The summed E-state index contributed by atoms with van der Waals surface area (Å²) >= 11 is 1.90. The Morgan fingerprint density at radius 1 is 1.00 bits per heavy atom. The maximum atomic E-state index is 2.32. The van der Waals surface area contributed by atoms with Crippen LogP contribution < -0.4 is 4.90 Å². The van der Waals surface area contributed by atoms with Crippen molar-refractivity contribution in [1.82, 2.24) is 0 Å². The molecule has 2 aromatic carbocycles. The molecule has 3 rings (SSSR count). The number of rotatable bonds is 2. The predicted molar refractivity (Wildman–Crippen MR) is 80.0 cm³/mol. The van der Waals surface area contributed by atoms with Crippen molar-refractivity contribution in [2.24, 2.45) is 0 Å². The smallest absolute Gasteiger partial charge is 0.0983 e. The van der Waals surface area contributed by atoms with Gasteiger partial charge in [0.1, 0.15) is 0 Å². The molecule has 1 heterocycles. The number of anilines is 1. The molecule has 0 saturated carbocycles. The van der Waals surface area contributed by atoms with E-state index in [-0.39, 0.29) is 0 Å². The van der Waals surface area contributed by atoms with Crippen molar-refractivity contribution < 1.29 is 0 Å². The van der Waals surface area contributed by atoms with Crippen LogP contribution in [0.2, 0.25) is 0 Å². The molecule has 2 heteroatoms. The zero-order valence-electron chi connectivity index (χ0n) is 10.3. The average Bonchev–Trinajstić information content (AvgIpc) is 2.75. The minimum atomic E-state index is 0.391. The van der Waals surface area contributed by atoms with Gasteiger partial charge in [0, 0.05) is 11.9 Å². The second kappa shape index (κ2) is 4.91. The van der Waals surface area contributed by atoms with E-state index >= 15 is 0 Å². The van der Waals surface area contributed by atoms with E-state index in [1.165, 1.54) is 16.1 Å². The van der Waals surface area contributed by atoms with Crippen LogP contribution in [0.1, 0.15) is 5.56 Å². The third-order valence-electron chi connectivity index (χ3n) is 3.13. The fourth-order valence-corrected chi connectivity index (χ4v) is 3.30. The number of hydrogen-bond acceptors (Lipinski definition) is 2. The molecule has 0 amide bonds. The Kier molecular flexibility index (Phi) is 3.11. The molecule has 0 fully saturated rings. The van der Waals surface area contributed by atoms with Crippen LogP contribution in [0.25, 0.3) is 6.08 Å². The van der Waals surface area contributed by atoms with E-state index in [1.54, 1.807) is 0 Å². The highest BCUT2D eigenvalue weighted by Crippen LogP contribution is 2.42. The van der Waals surface area contributed by atoms with Gasteiger partial charge >= 0.3 is 0 Å². The van der Waals surface area contributed by atoms with Crippen molar-refractivity contribution in [2.45, 2.75) is 10.3 Å². The molecule has 0 aliphatic carbocycles. The monoisotopic (exact) mass is 253 g/mol. The van der Waals surface area contributed by atoms with Gasteiger partial charge in [-0.25, -0.2) is 0 Å². The average molecular weight is 253 g/mol. The topological polar surface area (TPSA) is 3.24 Å². The molecule has 1 nitrogen and oxygen atoms in total. The Morgan fingerprint density at radius 3 is 2.50 bits per heavy atom. The van der Waals surface area contributed by atoms with Gasteiger partial charge in [0.2, 0.25) is 0 Å². The number of fused-ring (bicyclic) bond motifs is 1. The summed E-state index contributed by atoms with van der Waals surface area (Å²) in [5.41, 5.74) is 2.58. The molecule has 0 spiro atoms.